The van der Waals surface area contributed by atoms with Gasteiger partial charge in [-0.3, -0.25) is 0 Å². The smallest absolute Gasteiger partial charge is 0.248 e. The second-order valence-electron chi connectivity index (χ2n) is 4.47. The molecule has 9 heteroatoms. The van der Waals surface area contributed by atoms with Crippen molar-refractivity contribution in [3.8, 4) is 11.5 Å². The lowest BCUT2D eigenvalue weighted by Crippen LogP contribution is -2.24. The summed E-state index contributed by atoms with van der Waals surface area (Å²) >= 11 is 0. The quantitative estimate of drug-likeness (QED) is 0.856. The Labute approximate surface area is 120 Å². The molecule has 2 aromatic rings. The topological polar surface area (TPSA) is 117 Å². The maximum atomic E-state index is 12.2. The molecule has 112 valence electrons. The van der Waals surface area contributed by atoms with Crippen LogP contribution in [-0.2, 0) is 16.6 Å². The highest BCUT2D eigenvalue weighted by atomic mass is 32.2. The highest BCUT2D eigenvalue weighted by Crippen LogP contribution is 2.32. The molecule has 21 heavy (non-hydrogen) atoms. The van der Waals surface area contributed by atoms with Crippen LogP contribution in [0.25, 0.3) is 0 Å². The third-order valence-corrected chi connectivity index (χ3v) is 4.56. The van der Waals surface area contributed by atoms with E-state index in [0.29, 0.717) is 11.5 Å². The number of hydrogen-bond donors (Lipinski definition) is 2. The summed E-state index contributed by atoms with van der Waals surface area (Å²) in [4.78, 5) is -0.136. The molecule has 0 atom stereocenters. The molecule has 8 nitrogen and oxygen atoms in total. The minimum atomic E-state index is -3.79. The SMILES string of the molecule is Cc1onc(N)c1S(=O)(=O)NCc1ccc2c(c1)OCO2. The number of aryl methyl sites for hydroxylation is 1. The molecule has 0 amide bonds. The predicted octanol–water partition coefficient (Wildman–Crippen LogP) is 0.772. The summed E-state index contributed by atoms with van der Waals surface area (Å²) in [5.74, 6) is 1.21. The van der Waals surface area contributed by atoms with Gasteiger partial charge in [0.2, 0.25) is 16.8 Å². The second kappa shape index (κ2) is 4.93. The van der Waals surface area contributed by atoms with Gasteiger partial charge in [-0.05, 0) is 24.6 Å². The third kappa shape index (κ3) is 2.52. The predicted molar refractivity (Wildman–Crippen MR) is 72.2 cm³/mol. The number of nitrogen functional groups attached to an aromatic ring is 1. The van der Waals surface area contributed by atoms with E-state index in [1.54, 1.807) is 18.2 Å². The maximum absolute atomic E-state index is 12.2. The summed E-state index contributed by atoms with van der Waals surface area (Å²) in [6.07, 6.45) is 0. The minimum absolute atomic E-state index is 0.0863. The average molecular weight is 311 g/mol. The zero-order chi connectivity index (χ0) is 15.0. The van der Waals surface area contributed by atoms with E-state index >= 15 is 0 Å². The zero-order valence-electron chi connectivity index (χ0n) is 11.1. The zero-order valence-corrected chi connectivity index (χ0v) is 11.9. The highest BCUT2D eigenvalue weighted by molar-refractivity contribution is 7.89. The molecule has 0 aliphatic carbocycles. The normalized spacial score (nSPS) is 13.6. The summed E-state index contributed by atoms with van der Waals surface area (Å²) in [6, 6.07) is 5.19. The van der Waals surface area contributed by atoms with Gasteiger partial charge in [-0.2, -0.15) is 0 Å². The van der Waals surface area contributed by atoms with Crippen LogP contribution in [0.1, 0.15) is 11.3 Å². The monoisotopic (exact) mass is 311 g/mol. The van der Waals surface area contributed by atoms with Crippen LogP contribution in [0.4, 0.5) is 5.82 Å². The first-order valence-corrected chi connectivity index (χ1v) is 7.55. The molecule has 1 aromatic carbocycles. The van der Waals surface area contributed by atoms with Gasteiger partial charge in [-0.15, -0.1) is 0 Å². The van der Waals surface area contributed by atoms with Gasteiger partial charge in [0.1, 0.15) is 0 Å². The molecule has 0 unspecified atom stereocenters. The number of ether oxygens (including phenoxy) is 2. The molecular formula is C12H13N3O5S. The van der Waals surface area contributed by atoms with Gasteiger partial charge >= 0.3 is 0 Å². The molecular weight excluding hydrogens is 298 g/mol. The molecule has 0 radical (unpaired) electrons. The molecule has 2 heterocycles. The fourth-order valence-electron chi connectivity index (χ4n) is 2.01. The van der Waals surface area contributed by atoms with Crippen LogP contribution in [0.3, 0.4) is 0 Å². The highest BCUT2D eigenvalue weighted by Gasteiger charge is 2.25. The Hall–Kier alpha value is -2.26. The van der Waals surface area contributed by atoms with Crippen molar-refractivity contribution in [1.82, 2.24) is 9.88 Å². The van der Waals surface area contributed by atoms with Crippen molar-refractivity contribution in [1.29, 1.82) is 0 Å². The number of rotatable bonds is 4. The van der Waals surface area contributed by atoms with Crippen LogP contribution in [0.15, 0.2) is 27.6 Å². The second-order valence-corrected chi connectivity index (χ2v) is 6.17. The largest absolute Gasteiger partial charge is 0.454 e. The van der Waals surface area contributed by atoms with Crippen LogP contribution in [0.5, 0.6) is 11.5 Å². The van der Waals surface area contributed by atoms with Crippen LogP contribution in [0, 0.1) is 6.92 Å². The minimum Gasteiger partial charge on any atom is -0.454 e. The Morgan fingerprint density at radius 2 is 2.10 bits per heavy atom. The Kier molecular flexibility index (Phi) is 3.22. The number of benzene rings is 1. The number of hydrogen-bond acceptors (Lipinski definition) is 7. The van der Waals surface area contributed by atoms with E-state index in [2.05, 4.69) is 9.88 Å². The summed E-state index contributed by atoms with van der Waals surface area (Å²) in [5, 5.41) is 3.43. The molecule has 1 aromatic heterocycles. The van der Waals surface area contributed by atoms with Gasteiger partial charge in [0, 0.05) is 6.54 Å². The van der Waals surface area contributed by atoms with Crippen molar-refractivity contribution >= 4 is 15.8 Å². The standard InChI is InChI=1S/C12H13N3O5S/c1-7-11(12(13)15-20-7)21(16,17)14-5-8-2-3-9-10(4-8)19-6-18-9/h2-4,14H,5-6H2,1H3,(H2,13,15). The summed E-state index contributed by atoms with van der Waals surface area (Å²) in [7, 11) is -3.79. The van der Waals surface area contributed by atoms with Gasteiger partial charge in [-0.1, -0.05) is 11.2 Å². The molecule has 0 spiro atoms. The third-order valence-electron chi connectivity index (χ3n) is 3.01. The lowest BCUT2D eigenvalue weighted by Gasteiger charge is -2.06. The van der Waals surface area contributed by atoms with Crippen LogP contribution >= 0.6 is 0 Å². The first-order chi connectivity index (χ1) is 9.97. The number of nitrogens with two attached hydrogens (primary N) is 1. The van der Waals surface area contributed by atoms with E-state index in [9.17, 15) is 8.42 Å². The molecule has 0 saturated carbocycles. The number of nitrogens with one attached hydrogen (secondary N) is 1. The van der Waals surface area contributed by atoms with E-state index in [1.807, 2.05) is 0 Å². The Balaban J connectivity index is 1.78. The van der Waals surface area contributed by atoms with Gasteiger partial charge in [-0.25, -0.2) is 13.1 Å². The fraction of sp³-hybridized carbons (Fsp3) is 0.250. The van der Waals surface area contributed by atoms with Crippen LogP contribution < -0.4 is 19.9 Å². The summed E-state index contributed by atoms with van der Waals surface area (Å²) in [6.45, 7) is 1.74. The van der Waals surface area contributed by atoms with Crippen molar-refractivity contribution in [2.45, 2.75) is 18.4 Å². The molecule has 0 fully saturated rings. The lowest BCUT2D eigenvalue weighted by molar-refractivity contribution is 0.174. The fourth-order valence-corrected chi connectivity index (χ4v) is 3.24. The first-order valence-electron chi connectivity index (χ1n) is 6.07. The molecule has 1 aliphatic heterocycles. The maximum Gasteiger partial charge on any atom is 0.248 e. The molecule has 3 rings (SSSR count). The van der Waals surface area contributed by atoms with Crippen LogP contribution in [0.2, 0.25) is 0 Å². The van der Waals surface area contributed by atoms with Gasteiger partial charge in [0.15, 0.2) is 28.0 Å². The molecule has 0 saturated heterocycles. The number of nitrogens with zero attached hydrogens (tertiary/aromatic N) is 1. The summed E-state index contributed by atoms with van der Waals surface area (Å²) < 4.78 is 42.0. The van der Waals surface area contributed by atoms with Crippen LogP contribution in [-0.4, -0.2) is 20.4 Å². The van der Waals surface area contributed by atoms with Crippen molar-refractivity contribution in [2.24, 2.45) is 0 Å². The van der Waals surface area contributed by atoms with Crippen molar-refractivity contribution in [2.75, 3.05) is 12.5 Å². The van der Waals surface area contributed by atoms with E-state index in [-0.39, 0.29) is 29.8 Å². The number of sulfonamides is 1. The van der Waals surface area contributed by atoms with Gasteiger partial charge < -0.3 is 19.7 Å². The van der Waals surface area contributed by atoms with E-state index in [0.717, 1.165) is 5.56 Å². The molecule has 0 bridgehead atoms. The molecule has 1 aliphatic rings. The average Bonchev–Trinajstić information content (AvgIpc) is 3.02. The summed E-state index contributed by atoms with van der Waals surface area (Å²) in [5.41, 5.74) is 6.24. The number of fused-ring (bicyclic) bond motifs is 1. The first kappa shape index (κ1) is 13.7. The van der Waals surface area contributed by atoms with Crippen molar-refractivity contribution in [3.05, 3.63) is 29.5 Å². The Bertz CT molecular complexity index is 765. The van der Waals surface area contributed by atoms with Gasteiger partial charge in [0.05, 0.1) is 0 Å². The van der Waals surface area contributed by atoms with Gasteiger partial charge in [0.25, 0.3) is 0 Å². The number of aromatic nitrogens is 1. The van der Waals surface area contributed by atoms with Crippen molar-refractivity contribution < 1.29 is 22.4 Å². The van der Waals surface area contributed by atoms with E-state index in [4.69, 9.17) is 19.7 Å². The number of anilines is 1. The Morgan fingerprint density at radius 3 is 2.81 bits per heavy atom. The lowest BCUT2D eigenvalue weighted by atomic mass is 10.2. The van der Waals surface area contributed by atoms with Crippen molar-refractivity contribution in [3.63, 3.8) is 0 Å². The Morgan fingerprint density at radius 1 is 1.33 bits per heavy atom. The molecule has 3 N–H and O–H groups in total. The van der Waals surface area contributed by atoms with E-state index < -0.39 is 10.0 Å². The van der Waals surface area contributed by atoms with E-state index in [1.165, 1.54) is 6.92 Å².